The number of rotatable bonds is 6. The lowest BCUT2D eigenvalue weighted by Crippen LogP contribution is -2.30. The third-order valence-electron chi connectivity index (χ3n) is 3.88. The van der Waals surface area contributed by atoms with E-state index < -0.39 is 18.0 Å². The monoisotopic (exact) mass is 365 g/mol. The summed E-state index contributed by atoms with van der Waals surface area (Å²) in [6.45, 7) is 1.52. The fraction of sp³-hybridized carbons (Fsp3) is 0.150. The van der Waals surface area contributed by atoms with Crippen molar-refractivity contribution in [3.05, 3.63) is 66.5 Å². The van der Waals surface area contributed by atoms with Crippen LogP contribution in [0.4, 0.5) is 5.69 Å². The summed E-state index contributed by atoms with van der Waals surface area (Å²) in [5.74, 6) is 0.327. The van der Waals surface area contributed by atoms with Gasteiger partial charge < -0.3 is 19.8 Å². The number of imidazole rings is 1. The predicted molar refractivity (Wildman–Crippen MR) is 101 cm³/mol. The van der Waals surface area contributed by atoms with Crippen LogP contribution in [0, 0.1) is 0 Å². The molecule has 1 atom stereocenters. The highest BCUT2D eigenvalue weighted by atomic mass is 16.5. The van der Waals surface area contributed by atoms with Crippen LogP contribution in [0.15, 0.2) is 60.9 Å². The van der Waals surface area contributed by atoms with Crippen LogP contribution in [0.5, 0.6) is 5.75 Å². The molecule has 1 amide bonds. The molecule has 138 valence electrons. The summed E-state index contributed by atoms with van der Waals surface area (Å²) in [6.07, 6.45) is 2.42. The first kappa shape index (κ1) is 18.2. The van der Waals surface area contributed by atoms with Gasteiger partial charge in [-0.25, -0.2) is 9.78 Å². The lowest BCUT2D eigenvalue weighted by Gasteiger charge is -2.14. The van der Waals surface area contributed by atoms with Crippen molar-refractivity contribution in [1.29, 1.82) is 0 Å². The number of hydrogen-bond acceptors (Lipinski definition) is 5. The molecular formula is C20H19N3O4. The van der Waals surface area contributed by atoms with Crippen molar-refractivity contribution in [3.8, 4) is 17.1 Å². The summed E-state index contributed by atoms with van der Waals surface area (Å²) in [4.78, 5) is 31.7. The van der Waals surface area contributed by atoms with E-state index in [4.69, 9.17) is 9.47 Å². The highest BCUT2D eigenvalue weighted by Crippen LogP contribution is 2.18. The Bertz CT molecular complexity index is 921. The summed E-state index contributed by atoms with van der Waals surface area (Å²) < 4.78 is 10.4. The molecule has 0 aliphatic heterocycles. The second-order valence-electron chi connectivity index (χ2n) is 5.78. The standard InChI is InChI=1S/C20H19N3O4/c1-13(19(24)23-16-4-3-5-17(12-16)26-2)27-20(25)15-8-6-14(7-9-15)18-21-10-11-22-18/h3-13H,1-2H3,(H,21,22)(H,23,24). The summed E-state index contributed by atoms with van der Waals surface area (Å²) in [6, 6.07) is 13.7. The Labute approximate surface area is 156 Å². The molecule has 1 heterocycles. The average Bonchev–Trinajstić information content (AvgIpc) is 3.23. The van der Waals surface area contributed by atoms with Crippen LogP contribution in [0.3, 0.4) is 0 Å². The second kappa shape index (κ2) is 8.18. The highest BCUT2D eigenvalue weighted by Gasteiger charge is 2.19. The van der Waals surface area contributed by atoms with Crippen LogP contribution >= 0.6 is 0 Å². The van der Waals surface area contributed by atoms with E-state index >= 15 is 0 Å². The van der Waals surface area contributed by atoms with E-state index in [1.165, 1.54) is 6.92 Å². The highest BCUT2D eigenvalue weighted by molar-refractivity contribution is 5.97. The smallest absolute Gasteiger partial charge is 0.338 e. The number of ether oxygens (including phenoxy) is 2. The maximum Gasteiger partial charge on any atom is 0.338 e. The number of aromatic nitrogens is 2. The number of H-pyrrole nitrogens is 1. The van der Waals surface area contributed by atoms with Crippen LogP contribution in [0.2, 0.25) is 0 Å². The van der Waals surface area contributed by atoms with Gasteiger partial charge in [0.15, 0.2) is 6.10 Å². The molecule has 3 aromatic rings. The van der Waals surface area contributed by atoms with E-state index in [0.717, 1.165) is 5.56 Å². The molecule has 1 aromatic heterocycles. The van der Waals surface area contributed by atoms with Crippen LogP contribution in [-0.2, 0) is 9.53 Å². The van der Waals surface area contributed by atoms with E-state index in [9.17, 15) is 9.59 Å². The minimum absolute atomic E-state index is 0.353. The molecule has 27 heavy (non-hydrogen) atoms. The van der Waals surface area contributed by atoms with Crippen LogP contribution < -0.4 is 10.1 Å². The van der Waals surface area contributed by atoms with Gasteiger partial charge in [0.2, 0.25) is 0 Å². The Kier molecular flexibility index (Phi) is 5.51. The number of hydrogen-bond donors (Lipinski definition) is 2. The summed E-state index contributed by atoms with van der Waals surface area (Å²) >= 11 is 0. The van der Waals surface area contributed by atoms with Gasteiger partial charge in [0.05, 0.1) is 12.7 Å². The molecule has 2 aromatic carbocycles. The van der Waals surface area contributed by atoms with Gasteiger partial charge in [-0.3, -0.25) is 4.79 Å². The van der Waals surface area contributed by atoms with E-state index in [2.05, 4.69) is 15.3 Å². The maximum atomic E-state index is 12.3. The number of benzene rings is 2. The number of anilines is 1. The van der Waals surface area contributed by atoms with Gasteiger partial charge in [0.1, 0.15) is 11.6 Å². The molecule has 7 nitrogen and oxygen atoms in total. The molecule has 2 N–H and O–H groups in total. The van der Waals surface area contributed by atoms with Gasteiger partial charge >= 0.3 is 5.97 Å². The molecule has 1 unspecified atom stereocenters. The first-order valence-corrected chi connectivity index (χ1v) is 8.32. The van der Waals surface area contributed by atoms with Crippen molar-refractivity contribution in [3.63, 3.8) is 0 Å². The SMILES string of the molecule is COc1cccc(NC(=O)C(C)OC(=O)c2ccc(-c3ncc[nH]3)cc2)c1. The molecule has 0 fully saturated rings. The Morgan fingerprint density at radius 2 is 1.93 bits per heavy atom. The molecule has 0 spiro atoms. The van der Waals surface area contributed by atoms with Gasteiger partial charge in [-0.15, -0.1) is 0 Å². The van der Waals surface area contributed by atoms with Gasteiger partial charge in [-0.05, 0) is 31.2 Å². The fourth-order valence-electron chi connectivity index (χ4n) is 2.41. The Hall–Kier alpha value is -3.61. The molecule has 0 saturated carbocycles. The Morgan fingerprint density at radius 3 is 2.59 bits per heavy atom. The van der Waals surface area contributed by atoms with Crippen LogP contribution in [0.25, 0.3) is 11.4 Å². The van der Waals surface area contributed by atoms with Gasteiger partial charge in [-0.1, -0.05) is 18.2 Å². The summed E-state index contributed by atoms with van der Waals surface area (Å²) in [5, 5.41) is 2.69. The fourth-order valence-corrected chi connectivity index (χ4v) is 2.41. The third kappa shape index (κ3) is 4.52. The Balaban J connectivity index is 1.60. The van der Waals surface area contributed by atoms with Gasteiger partial charge in [0, 0.05) is 29.7 Å². The zero-order valence-corrected chi connectivity index (χ0v) is 14.9. The molecule has 0 bridgehead atoms. The number of amides is 1. The minimum Gasteiger partial charge on any atom is -0.497 e. The van der Waals surface area contributed by atoms with Gasteiger partial charge in [-0.2, -0.15) is 0 Å². The minimum atomic E-state index is -0.951. The number of nitrogens with one attached hydrogen (secondary N) is 2. The summed E-state index contributed by atoms with van der Waals surface area (Å²) in [5.41, 5.74) is 1.76. The average molecular weight is 365 g/mol. The van der Waals surface area contributed by atoms with Crippen molar-refractivity contribution in [2.45, 2.75) is 13.0 Å². The number of aromatic amines is 1. The molecule has 7 heteroatoms. The molecule has 0 saturated heterocycles. The number of methoxy groups -OCH3 is 1. The van der Waals surface area contributed by atoms with Crippen molar-refractivity contribution < 1.29 is 19.1 Å². The van der Waals surface area contributed by atoms with E-state index in [1.54, 1.807) is 68.0 Å². The molecule has 0 radical (unpaired) electrons. The largest absolute Gasteiger partial charge is 0.497 e. The number of esters is 1. The number of nitrogens with zero attached hydrogens (tertiary/aromatic N) is 1. The Morgan fingerprint density at radius 1 is 1.15 bits per heavy atom. The molecule has 0 aliphatic rings. The molecular weight excluding hydrogens is 346 g/mol. The van der Waals surface area contributed by atoms with Crippen LogP contribution in [0.1, 0.15) is 17.3 Å². The van der Waals surface area contributed by atoms with E-state index in [1.807, 2.05) is 0 Å². The van der Waals surface area contributed by atoms with Crippen molar-refractivity contribution in [2.75, 3.05) is 12.4 Å². The van der Waals surface area contributed by atoms with E-state index in [0.29, 0.717) is 22.8 Å². The second-order valence-corrected chi connectivity index (χ2v) is 5.78. The van der Waals surface area contributed by atoms with E-state index in [-0.39, 0.29) is 0 Å². The first-order chi connectivity index (χ1) is 13.1. The topological polar surface area (TPSA) is 93.3 Å². The van der Waals surface area contributed by atoms with Crippen molar-refractivity contribution in [1.82, 2.24) is 9.97 Å². The zero-order valence-electron chi connectivity index (χ0n) is 14.9. The van der Waals surface area contributed by atoms with Crippen LogP contribution in [-0.4, -0.2) is 35.1 Å². The third-order valence-corrected chi connectivity index (χ3v) is 3.88. The normalized spacial score (nSPS) is 11.5. The van der Waals surface area contributed by atoms with Crippen molar-refractivity contribution >= 4 is 17.6 Å². The summed E-state index contributed by atoms with van der Waals surface area (Å²) in [7, 11) is 1.54. The predicted octanol–water partition coefficient (Wildman–Crippen LogP) is 3.27. The zero-order chi connectivity index (χ0) is 19.2. The quantitative estimate of drug-likeness (QED) is 0.654. The number of carbonyl (C=O) groups excluding carboxylic acids is 2. The lowest BCUT2D eigenvalue weighted by atomic mass is 10.1. The molecule has 0 aliphatic carbocycles. The first-order valence-electron chi connectivity index (χ1n) is 8.32. The number of carbonyl (C=O) groups is 2. The van der Waals surface area contributed by atoms with Gasteiger partial charge in [0.25, 0.3) is 5.91 Å². The maximum absolute atomic E-state index is 12.3. The molecule has 3 rings (SSSR count). The lowest BCUT2D eigenvalue weighted by molar-refractivity contribution is -0.123. The van der Waals surface area contributed by atoms with Crippen molar-refractivity contribution in [2.24, 2.45) is 0 Å².